The van der Waals surface area contributed by atoms with Gasteiger partial charge in [0.15, 0.2) is 0 Å². The quantitative estimate of drug-likeness (QED) is 0.569. The molecule has 0 aliphatic carbocycles. The van der Waals surface area contributed by atoms with Gasteiger partial charge in [-0.2, -0.15) is 0 Å². The summed E-state index contributed by atoms with van der Waals surface area (Å²) in [6.07, 6.45) is 0.913. The highest BCUT2D eigenvalue weighted by Crippen LogP contribution is 2.37. The molecule has 0 atom stereocenters. The number of carbonyl (C=O) groups excluding carboxylic acids is 1. The highest BCUT2D eigenvalue weighted by molar-refractivity contribution is 6.26. The molecule has 0 saturated carbocycles. The van der Waals surface area contributed by atoms with Gasteiger partial charge >= 0.3 is 5.97 Å². The first-order valence-corrected chi connectivity index (χ1v) is 5.91. The summed E-state index contributed by atoms with van der Waals surface area (Å²) in [5.74, 6) is -0.308. The molecule has 1 aromatic carbocycles. The van der Waals surface area contributed by atoms with Crippen LogP contribution >= 0.6 is 11.8 Å². The molecule has 1 aliphatic heterocycles. The molecule has 0 saturated heterocycles. The largest absolute Gasteiger partial charge is 0.465 e. The van der Waals surface area contributed by atoms with Crippen molar-refractivity contribution in [2.75, 3.05) is 18.1 Å². The van der Waals surface area contributed by atoms with Gasteiger partial charge in [0.1, 0.15) is 0 Å². The van der Waals surface area contributed by atoms with Crippen LogP contribution in [-0.2, 0) is 11.2 Å². The van der Waals surface area contributed by atoms with Gasteiger partial charge in [-0.05, 0) is 35.6 Å². The van der Waals surface area contributed by atoms with Crippen LogP contribution in [0, 0.1) is 5.41 Å². The van der Waals surface area contributed by atoms with Gasteiger partial charge < -0.3 is 4.74 Å². The van der Waals surface area contributed by atoms with E-state index in [0.717, 1.165) is 24.2 Å². The molecule has 0 amide bonds. The van der Waals surface area contributed by atoms with Crippen LogP contribution in [-0.4, -0.2) is 19.6 Å². The summed E-state index contributed by atoms with van der Waals surface area (Å²) < 4.78 is 6.44. The summed E-state index contributed by atoms with van der Waals surface area (Å²) in [6.45, 7) is 5.13. The molecule has 0 N–H and O–H groups in total. The number of nitrogens with zero attached hydrogens (tertiary/aromatic N) is 1. The summed E-state index contributed by atoms with van der Waals surface area (Å²) >= 11 is 6.21. The van der Waals surface area contributed by atoms with E-state index < -0.39 is 0 Å². The molecule has 1 aromatic rings. The maximum absolute atomic E-state index is 11.5. The SMILES string of the molecule is COC(=O)c1ccc2c(c1)CC(C)(C)CN2Cl. The monoisotopic (exact) mass is 253 g/mol. The molecule has 0 unspecified atom stereocenters. The minimum Gasteiger partial charge on any atom is -0.465 e. The van der Waals surface area contributed by atoms with E-state index in [-0.39, 0.29) is 11.4 Å². The number of hydrogen-bond acceptors (Lipinski definition) is 3. The number of esters is 1. The summed E-state index contributed by atoms with van der Waals surface area (Å²) in [4.78, 5) is 11.5. The van der Waals surface area contributed by atoms with Crippen molar-refractivity contribution >= 4 is 23.4 Å². The molecule has 17 heavy (non-hydrogen) atoms. The highest BCUT2D eigenvalue weighted by atomic mass is 35.5. The second-order valence-corrected chi connectivity index (χ2v) is 5.60. The number of hydrogen-bond donors (Lipinski definition) is 0. The fourth-order valence-corrected chi connectivity index (χ4v) is 2.73. The molecule has 0 radical (unpaired) electrons. The van der Waals surface area contributed by atoms with E-state index in [9.17, 15) is 4.79 Å². The lowest BCUT2D eigenvalue weighted by atomic mass is 9.82. The van der Waals surface area contributed by atoms with E-state index in [4.69, 9.17) is 16.5 Å². The van der Waals surface area contributed by atoms with Crippen LogP contribution in [0.25, 0.3) is 0 Å². The fraction of sp³-hybridized carbons (Fsp3) is 0.462. The van der Waals surface area contributed by atoms with Crippen LogP contribution in [0.1, 0.15) is 29.8 Å². The topological polar surface area (TPSA) is 29.5 Å². The zero-order valence-electron chi connectivity index (χ0n) is 10.3. The van der Waals surface area contributed by atoms with Crippen LogP contribution in [0.2, 0.25) is 0 Å². The van der Waals surface area contributed by atoms with Crippen molar-refractivity contribution in [2.45, 2.75) is 20.3 Å². The first-order valence-electron chi connectivity index (χ1n) is 5.57. The Hall–Kier alpha value is -1.22. The summed E-state index contributed by atoms with van der Waals surface area (Å²) in [7, 11) is 1.39. The average Bonchev–Trinajstić information content (AvgIpc) is 2.25. The third-order valence-corrected chi connectivity index (χ3v) is 3.30. The van der Waals surface area contributed by atoms with Gasteiger partial charge in [0, 0.05) is 18.3 Å². The third kappa shape index (κ3) is 2.39. The summed E-state index contributed by atoms with van der Waals surface area (Å²) in [5, 5.41) is 0. The lowest BCUT2D eigenvalue weighted by Gasteiger charge is -2.36. The molecule has 0 aromatic heterocycles. The van der Waals surface area contributed by atoms with Crippen LogP contribution in [0.4, 0.5) is 5.69 Å². The Bertz CT molecular complexity index is 457. The Morgan fingerprint density at radius 2 is 2.18 bits per heavy atom. The number of ether oxygens (including phenoxy) is 1. The molecule has 0 spiro atoms. The average molecular weight is 254 g/mol. The highest BCUT2D eigenvalue weighted by Gasteiger charge is 2.30. The number of halogens is 1. The zero-order valence-corrected chi connectivity index (χ0v) is 11.0. The molecule has 2 rings (SSSR count). The second kappa shape index (κ2) is 4.22. The van der Waals surface area contributed by atoms with Gasteiger partial charge in [0.05, 0.1) is 18.4 Å². The molecular weight excluding hydrogens is 238 g/mol. The molecular formula is C13H16ClNO2. The van der Waals surface area contributed by atoms with Crippen molar-refractivity contribution in [1.29, 1.82) is 0 Å². The number of anilines is 1. The van der Waals surface area contributed by atoms with Crippen LogP contribution in [0.5, 0.6) is 0 Å². The summed E-state index contributed by atoms with van der Waals surface area (Å²) in [5.41, 5.74) is 2.77. The van der Waals surface area contributed by atoms with Crippen molar-refractivity contribution in [3.63, 3.8) is 0 Å². The van der Waals surface area contributed by atoms with Gasteiger partial charge in [0.25, 0.3) is 0 Å². The van der Waals surface area contributed by atoms with E-state index in [1.807, 2.05) is 12.1 Å². The number of fused-ring (bicyclic) bond motifs is 1. The van der Waals surface area contributed by atoms with Crippen molar-refractivity contribution in [3.05, 3.63) is 29.3 Å². The van der Waals surface area contributed by atoms with Gasteiger partial charge in [-0.1, -0.05) is 13.8 Å². The zero-order chi connectivity index (χ0) is 12.6. The molecule has 0 fully saturated rings. The van der Waals surface area contributed by atoms with Crippen molar-refractivity contribution in [2.24, 2.45) is 5.41 Å². The molecule has 1 aliphatic rings. The first-order chi connectivity index (χ1) is 7.93. The lowest BCUT2D eigenvalue weighted by molar-refractivity contribution is 0.0600. The van der Waals surface area contributed by atoms with Crippen molar-refractivity contribution < 1.29 is 9.53 Å². The van der Waals surface area contributed by atoms with Crippen LogP contribution < -0.4 is 4.42 Å². The third-order valence-electron chi connectivity index (χ3n) is 3.00. The van der Waals surface area contributed by atoms with E-state index in [1.165, 1.54) is 7.11 Å². The predicted molar refractivity (Wildman–Crippen MR) is 68.5 cm³/mol. The van der Waals surface area contributed by atoms with Crippen LogP contribution in [0.3, 0.4) is 0 Å². The number of methoxy groups -OCH3 is 1. The molecule has 3 nitrogen and oxygen atoms in total. The fourth-order valence-electron chi connectivity index (χ4n) is 2.24. The normalized spacial score (nSPS) is 17.5. The van der Waals surface area contributed by atoms with Crippen molar-refractivity contribution in [3.8, 4) is 0 Å². The van der Waals surface area contributed by atoms with Gasteiger partial charge in [0.2, 0.25) is 0 Å². The number of rotatable bonds is 1. The van der Waals surface area contributed by atoms with Gasteiger partial charge in [-0.25, -0.2) is 4.79 Å². The standard InChI is InChI=1S/C13H16ClNO2/c1-13(2)7-10-6-9(12(16)17-3)4-5-11(10)15(14)8-13/h4-6H,7-8H2,1-3H3. The van der Waals surface area contributed by atoms with Gasteiger partial charge in [-0.3, -0.25) is 4.42 Å². The summed E-state index contributed by atoms with van der Waals surface area (Å²) in [6, 6.07) is 5.50. The van der Waals surface area contributed by atoms with E-state index >= 15 is 0 Å². The number of benzene rings is 1. The van der Waals surface area contributed by atoms with E-state index in [0.29, 0.717) is 5.56 Å². The molecule has 92 valence electrons. The maximum atomic E-state index is 11.5. The first kappa shape index (κ1) is 12.2. The Morgan fingerprint density at radius 3 is 2.82 bits per heavy atom. The van der Waals surface area contributed by atoms with Crippen molar-refractivity contribution in [1.82, 2.24) is 0 Å². The van der Waals surface area contributed by atoms with E-state index in [1.54, 1.807) is 10.5 Å². The minimum absolute atomic E-state index is 0.115. The Morgan fingerprint density at radius 1 is 1.47 bits per heavy atom. The maximum Gasteiger partial charge on any atom is 0.337 e. The Labute approximate surface area is 106 Å². The second-order valence-electron chi connectivity index (χ2n) is 5.20. The molecule has 0 bridgehead atoms. The van der Waals surface area contributed by atoms with E-state index in [2.05, 4.69) is 13.8 Å². The Balaban J connectivity index is 2.41. The minimum atomic E-state index is -0.308. The lowest BCUT2D eigenvalue weighted by Crippen LogP contribution is -2.35. The molecule has 1 heterocycles. The van der Waals surface area contributed by atoms with Crippen LogP contribution in [0.15, 0.2) is 18.2 Å². The predicted octanol–water partition coefficient (Wildman–Crippen LogP) is 3.02. The Kier molecular flexibility index (Phi) is 3.04. The number of carbonyl (C=O) groups is 1. The molecule has 4 heteroatoms. The smallest absolute Gasteiger partial charge is 0.337 e. The van der Waals surface area contributed by atoms with Gasteiger partial charge in [-0.15, -0.1) is 0 Å².